The molecule has 0 spiro atoms. The molecule has 1 heterocycles. The van der Waals surface area contributed by atoms with E-state index in [9.17, 15) is 13.2 Å². The molecule has 0 saturated carbocycles. The van der Waals surface area contributed by atoms with E-state index in [0.29, 0.717) is 5.69 Å². The first-order valence-corrected chi connectivity index (χ1v) is 5.60. The summed E-state index contributed by atoms with van der Waals surface area (Å²) >= 11 is 0. The minimum absolute atomic E-state index is 0.127. The maximum atomic E-state index is 12.4. The summed E-state index contributed by atoms with van der Waals surface area (Å²) in [5, 5.41) is 3.10. The molecule has 17 heavy (non-hydrogen) atoms. The molecule has 1 rings (SSSR count). The number of pyridine rings is 1. The molecule has 5 heteroatoms. The van der Waals surface area contributed by atoms with Crippen molar-refractivity contribution in [1.82, 2.24) is 10.3 Å². The van der Waals surface area contributed by atoms with E-state index in [2.05, 4.69) is 10.3 Å². The molecule has 0 aliphatic heterocycles. The predicted octanol–water partition coefficient (Wildman–Crippen LogP) is 3.20. The summed E-state index contributed by atoms with van der Waals surface area (Å²) in [7, 11) is 1.83. The Morgan fingerprint density at radius 3 is 2.35 bits per heavy atom. The van der Waals surface area contributed by atoms with Crippen LogP contribution in [0.4, 0.5) is 13.2 Å². The van der Waals surface area contributed by atoms with Gasteiger partial charge in [-0.15, -0.1) is 0 Å². The zero-order chi connectivity index (χ0) is 13.1. The third-order valence-electron chi connectivity index (χ3n) is 2.99. The average molecular weight is 246 g/mol. The van der Waals surface area contributed by atoms with E-state index in [1.807, 2.05) is 20.9 Å². The number of rotatable bonds is 4. The summed E-state index contributed by atoms with van der Waals surface area (Å²) in [6.07, 6.45) is -2.58. The quantitative estimate of drug-likeness (QED) is 0.882. The summed E-state index contributed by atoms with van der Waals surface area (Å²) in [4.78, 5) is 3.93. The number of nitrogens with one attached hydrogen (secondary N) is 1. The molecule has 2 unspecified atom stereocenters. The van der Waals surface area contributed by atoms with E-state index >= 15 is 0 Å². The van der Waals surface area contributed by atoms with Gasteiger partial charge in [-0.3, -0.25) is 4.98 Å². The molecule has 2 nitrogen and oxygen atoms in total. The van der Waals surface area contributed by atoms with Crippen LogP contribution in [0.15, 0.2) is 18.3 Å². The van der Waals surface area contributed by atoms with Crippen LogP contribution >= 0.6 is 0 Å². The van der Waals surface area contributed by atoms with Crippen molar-refractivity contribution in [3.05, 3.63) is 29.6 Å². The first-order chi connectivity index (χ1) is 7.90. The first kappa shape index (κ1) is 14.0. The van der Waals surface area contributed by atoms with Gasteiger partial charge in [0.25, 0.3) is 0 Å². The molecular formula is C12H17F3N2. The number of likely N-dealkylation sites (N-methyl/N-ethyl adjacent to an activating group) is 1. The number of aromatic nitrogens is 1. The summed E-state index contributed by atoms with van der Waals surface area (Å²) in [5.41, 5.74) is -0.00411. The monoisotopic (exact) mass is 246 g/mol. The van der Waals surface area contributed by atoms with Crippen LogP contribution in [-0.2, 0) is 6.18 Å². The smallest absolute Gasteiger partial charge is 0.317 e. The number of hydrogen-bond acceptors (Lipinski definition) is 2. The van der Waals surface area contributed by atoms with Gasteiger partial charge in [-0.2, -0.15) is 13.2 Å². The molecule has 0 aromatic carbocycles. The SMILES string of the molecule is CCC(c1ccc(C(F)(F)F)cn1)C(C)NC. The Labute approximate surface area is 99.3 Å². The largest absolute Gasteiger partial charge is 0.417 e. The number of nitrogens with zero attached hydrogens (tertiary/aromatic N) is 1. The molecule has 2 atom stereocenters. The number of hydrogen-bond donors (Lipinski definition) is 1. The highest BCUT2D eigenvalue weighted by molar-refractivity contribution is 5.20. The zero-order valence-corrected chi connectivity index (χ0v) is 10.2. The van der Waals surface area contributed by atoms with Gasteiger partial charge in [-0.25, -0.2) is 0 Å². The van der Waals surface area contributed by atoms with Crippen molar-refractivity contribution < 1.29 is 13.2 Å². The van der Waals surface area contributed by atoms with Crippen LogP contribution < -0.4 is 5.32 Å². The van der Waals surface area contributed by atoms with Gasteiger partial charge >= 0.3 is 6.18 Å². The van der Waals surface area contributed by atoms with Gasteiger partial charge in [-0.05, 0) is 32.5 Å². The summed E-state index contributed by atoms with van der Waals surface area (Å²) in [5.74, 6) is 0.127. The van der Waals surface area contributed by atoms with E-state index in [0.717, 1.165) is 18.7 Å². The van der Waals surface area contributed by atoms with Crippen molar-refractivity contribution in [3.63, 3.8) is 0 Å². The molecule has 0 aliphatic rings. The Balaban J connectivity index is 2.93. The highest BCUT2D eigenvalue weighted by Crippen LogP contribution is 2.30. The van der Waals surface area contributed by atoms with Gasteiger partial charge in [0, 0.05) is 23.9 Å². The van der Waals surface area contributed by atoms with Crippen molar-refractivity contribution >= 4 is 0 Å². The molecule has 0 aliphatic carbocycles. The second kappa shape index (κ2) is 5.49. The van der Waals surface area contributed by atoms with Crippen LogP contribution in [-0.4, -0.2) is 18.1 Å². The summed E-state index contributed by atoms with van der Waals surface area (Å²) in [6.45, 7) is 3.99. The number of alkyl halides is 3. The molecule has 0 saturated heterocycles. The van der Waals surface area contributed by atoms with Crippen molar-refractivity contribution in [2.24, 2.45) is 0 Å². The van der Waals surface area contributed by atoms with E-state index in [4.69, 9.17) is 0 Å². The van der Waals surface area contributed by atoms with Gasteiger partial charge in [0.1, 0.15) is 0 Å². The summed E-state index contributed by atoms with van der Waals surface area (Å²) in [6, 6.07) is 2.74. The predicted molar refractivity (Wildman–Crippen MR) is 60.8 cm³/mol. The van der Waals surface area contributed by atoms with Crippen molar-refractivity contribution in [1.29, 1.82) is 0 Å². The molecule has 1 aromatic rings. The molecule has 1 N–H and O–H groups in total. The molecule has 96 valence electrons. The van der Waals surface area contributed by atoms with Crippen LogP contribution in [0, 0.1) is 0 Å². The van der Waals surface area contributed by atoms with Crippen LogP contribution in [0.5, 0.6) is 0 Å². The molecule has 1 aromatic heterocycles. The van der Waals surface area contributed by atoms with Gasteiger partial charge in [0.15, 0.2) is 0 Å². The number of halogens is 3. The zero-order valence-electron chi connectivity index (χ0n) is 10.2. The third kappa shape index (κ3) is 3.43. The molecule has 0 radical (unpaired) electrons. The maximum absolute atomic E-state index is 12.4. The lowest BCUT2D eigenvalue weighted by Gasteiger charge is -2.22. The van der Waals surface area contributed by atoms with E-state index in [-0.39, 0.29) is 12.0 Å². The lowest BCUT2D eigenvalue weighted by Crippen LogP contribution is -2.29. The fourth-order valence-corrected chi connectivity index (χ4v) is 1.81. The van der Waals surface area contributed by atoms with Gasteiger partial charge in [-0.1, -0.05) is 6.92 Å². The topological polar surface area (TPSA) is 24.9 Å². The van der Waals surface area contributed by atoms with Gasteiger partial charge < -0.3 is 5.32 Å². The first-order valence-electron chi connectivity index (χ1n) is 5.60. The van der Waals surface area contributed by atoms with Crippen LogP contribution in [0.2, 0.25) is 0 Å². The lowest BCUT2D eigenvalue weighted by molar-refractivity contribution is -0.137. The second-order valence-electron chi connectivity index (χ2n) is 4.06. The highest BCUT2D eigenvalue weighted by Gasteiger charge is 2.31. The van der Waals surface area contributed by atoms with Crippen LogP contribution in [0.3, 0.4) is 0 Å². The van der Waals surface area contributed by atoms with Gasteiger partial charge in [0.05, 0.1) is 5.56 Å². The minimum Gasteiger partial charge on any atom is -0.317 e. The highest BCUT2D eigenvalue weighted by atomic mass is 19.4. The second-order valence-corrected chi connectivity index (χ2v) is 4.06. The molecule has 0 amide bonds. The standard InChI is InChI=1S/C12H17F3N2/c1-4-10(8(2)16-3)11-6-5-9(7-17-11)12(13,14)15/h5-8,10,16H,4H2,1-3H3. The van der Waals surface area contributed by atoms with E-state index < -0.39 is 11.7 Å². The Morgan fingerprint density at radius 2 is 2.00 bits per heavy atom. The molecule has 0 fully saturated rings. The van der Waals surface area contributed by atoms with Gasteiger partial charge in [0.2, 0.25) is 0 Å². The third-order valence-corrected chi connectivity index (χ3v) is 2.99. The maximum Gasteiger partial charge on any atom is 0.417 e. The Hall–Kier alpha value is -1.10. The van der Waals surface area contributed by atoms with Crippen LogP contribution in [0.25, 0.3) is 0 Å². The molecular weight excluding hydrogens is 229 g/mol. The Kier molecular flexibility index (Phi) is 4.51. The normalized spacial score (nSPS) is 15.6. The Morgan fingerprint density at radius 1 is 1.35 bits per heavy atom. The van der Waals surface area contributed by atoms with Crippen molar-refractivity contribution in [2.75, 3.05) is 7.05 Å². The lowest BCUT2D eigenvalue weighted by atomic mass is 9.94. The minimum atomic E-state index is -4.32. The average Bonchev–Trinajstić information content (AvgIpc) is 2.29. The molecule has 0 bridgehead atoms. The fraction of sp³-hybridized carbons (Fsp3) is 0.583. The van der Waals surface area contributed by atoms with Crippen LogP contribution in [0.1, 0.15) is 37.4 Å². The van der Waals surface area contributed by atoms with E-state index in [1.54, 1.807) is 0 Å². The summed E-state index contributed by atoms with van der Waals surface area (Å²) < 4.78 is 37.1. The Bertz CT molecular complexity index is 346. The fourth-order valence-electron chi connectivity index (χ4n) is 1.81. The van der Waals surface area contributed by atoms with E-state index in [1.165, 1.54) is 6.07 Å². The van der Waals surface area contributed by atoms with Crippen molar-refractivity contribution in [2.45, 2.75) is 38.4 Å². The van der Waals surface area contributed by atoms with Crippen molar-refractivity contribution in [3.8, 4) is 0 Å².